The first kappa shape index (κ1) is 21.4. The fourth-order valence-electron chi connectivity index (χ4n) is 3.22. The summed E-state index contributed by atoms with van der Waals surface area (Å²) < 4.78 is 11.3. The first-order valence-electron chi connectivity index (χ1n) is 10.0. The van der Waals surface area contributed by atoms with Crippen molar-refractivity contribution in [3.63, 3.8) is 0 Å². The van der Waals surface area contributed by atoms with Gasteiger partial charge in [0.05, 0.1) is 13.3 Å². The van der Waals surface area contributed by atoms with Crippen LogP contribution in [0.25, 0.3) is 10.8 Å². The van der Waals surface area contributed by atoms with Gasteiger partial charge in [-0.15, -0.1) is 0 Å². The first-order valence-corrected chi connectivity index (χ1v) is 10.4. The van der Waals surface area contributed by atoms with E-state index in [9.17, 15) is 4.79 Å². The van der Waals surface area contributed by atoms with E-state index in [2.05, 4.69) is 10.5 Å². The lowest BCUT2D eigenvalue weighted by Gasteiger charge is -2.12. The van der Waals surface area contributed by atoms with Gasteiger partial charge >= 0.3 is 0 Å². The number of nitrogens with zero attached hydrogens (tertiary/aromatic N) is 1. The second-order valence-electron chi connectivity index (χ2n) is 7.05. The number of hydrogen-bond donors (Lipinski definition) is 1. The molecular formula is C26H21ClN2O3. The molecule has 0 unspecified atom stereocenters. The Balaban J connectivity index is 1.41. The predicted octanol–water partition coefficient (Wildman–Crippen LogP) is 5.84. The minimum Gasteiger partial charge on any atom is -0.493 e. The average molecular weight is 445 g/mol. The molecule has 32 heavy (non-hydrogen) atoms. The van der Waals surface area contributed by atoms with Gasteiger partial charge in [0.2, 0.25) is 0 Å². The van der Waals surface area contributed by atoms with Crippen molar-refractivity contribution in [2.45, 2.75) is 6.61 Å². The van der Waals surface area contributed by atoms with E-state index in [0.29, 0.717) is 28.7 Å². The molecule has 5 nitrogen and oxygen atoms in total. The lowest BCUT2D eigenvalue weighted by atomic mass is 10.1. The Morgan fingerprint density at radius 1 is 0.938 bits per heavy atom. The van der Waals surface area contributed by atoms with Crippen LogP contribution >= 0.6 is 11.6 Å². The van der Waals surface area contributed by atoms with Crippen LogP contribution in [0.5, 0.6) is 11.5 Å². The van der Waals surface area contributed by atoms with Gasteiger partial charge in [0.25, 0.3) is 5.91 Å². The van der Waals surface area contributed by atoms with Crippen molar-refractivity contribution in [2.24, 2.45) is 5.10 Å². The van der Waals surface area contributed by atoms with Gasteiger partial charge in [0, 0.05) is 16.1 Å². The number of fused-ring (bicyclic) bond motifs is 1. The third-order valence-electron chi connectivity index (χ3n) is 4.92. The molecule has 0 atom stereocenters. The Morgan fingerprint density at radius 2 is 1.72 bits per heavy atom. The van der Waals surface area contributed by atoms with E-state index in [1.807, 2.05) is 66.7 Å². The van der Waals surface area contributed by atoms with E-state index >= 15 is 0 Å². The van der Waals surface area contributed by atoms with Gasteiger partial charge in [0.15, 0.2) is 11.5 Å². The van der Waals surface area contributed by atoms with E-state index in [1.54, 1.807) is 31.5 Å². The quantitative estimate of drug-likeness (QED) is 0.287. The van der Waals surface area contributed by atoms with Crippen molar-refractivity contribution >= 4 is 34.5 Å². The number of amides is 1. The molecule has 0 saturated carbocycles. The molecule has 0 aromatic heterocycles. The molecule has 1 N–H and O–H groups in total. The second kappa shape index (κ2) is 9.98. The molecule has 0 aliphatic heterocycles. The highest BCUT2D eigenvalue weighted by atomic mass is 35.5. The summed E-state index contributed by atoms with van der Waals surface area (Å²) in [6.07, 6.45) is 1.55. The summed E-state index contributed by atoms with van der Waals surface area (Å²) in [7, 11) is 1.57. The Kier molecular flexibility index (Phi) is 6.68. The van der Waals surface area contributed by atoms with Gasteiger partial charge < -0.3 is 9.47 Å². The molecular weight excluding hydrogens is 424 g/mol. The SMILES string of the molecule is COc1cc(/C=N\NC(=O)c2ccc3ccccc3c2)ccc1OCc1ccccc1Cl. The third-order valence-corrected chi connectivity index (χ3v) is 5.29. The number of halogens is 1. The average Bonchev–Trinajstić information content (AvgIpc) is 2.83. The number of methoxy groups -OCH3 is 1. The van der Waals surface area contributed by atoms with Crippen LogP contribution < -0.4 is 14.9 Å². The largest absolute Gasteiger partial charge is 0.493 e. The van der Waals surface area contributed by atoms with E-state index in [4.69, 9.17) is 21.1 Å². The van der Waals surface area contributed by atoms with Crippen molar-refractivity contribution in [2.75, 3.05) is 7.11 Å². The second-order valence-corrected chi connectivity index (χ2v) is 7.46. The molecule has 4 aromatic rings. The Morgan fingerprint density at radius 3 is 2.53 bits per heavy atom. The standard InChI is InChI=1S/C26H21ClN2O3/c1-31-25-14-18(10-13-24(25)32-17-22-8-4-5-9-23(22)27)16-28-29-26(30)21-12-11-19-6-2-3-7-20(19)15-21/h2-16H,17H2,1H3,(H,29,30)/b28-16-. The predicted molar refractivity (Wildman–Crippen MR) is 128 cm³/mol. The normalized spacial score (nSPS) is 10.9. The molecule has 0 bridgehead atoms. The van der Waals surface area contributed by atoms with Gasteiger partial charge in [-0.05, 0) is 52.7 Å². The number of carbonyl (C=O) groups is 1. The molecule has 6 heteroatoms. The van der Waals surface area contributed by atoms with Gasteiger partial charge in [-0.3, -0.25) is 4.79 Å². The Hall–Kier alpha value is -3.83. The summed E-state index contributed by atoms with van der Waals surface area (Å²) in [5.74, 6) is 0.866. The molecule has 0 heterocycles. The van der Waals surface area contributed by atoms with Crippen LogP contribution in [0.2, 0.25) is 5.02 Å². The van der Waals surface area contributed by atoms with Crippen LogP contribution in [0.1, 0.15) is 21.5 Å². The molecule has 0 saturated heterocycles. The minimum absolute atomic E-state index is 0.279. The maximum absolute atomic E-state index is 12.4. The molecule has 0 radical (unpaired) electrons. The van der Waals surface area contributed by atoms with Crippen LogP contribution in [0, 0.1) is 0 Å². The summed E-state index contributed by atoms with van der Waals surface area (Å²) in [4.78, 5) is 12.4. The van der Waals surface area contributed by atoms with Crippen LogP contribution in [0.4, 0.5) is 0 Å². The number of nitrogens with one attached hydrogen (secondary N) is 1. The molecule has 160 valence electrons. The zero-order valence-electron chi connectivity index (χ0n) is 17.4. The fourth-order valence-corrected chi connectivity index (χ4v) is 3.41. The highest BCUT2D eigenvalue weighted by Gasteiger charge is 2.08. The number of carbonyl (C=O) groups excluding carboxylic acids is 1. The van der Waals surface area contributed by atoms with Crippen LogP contribution in [-0.2, 0) is 6.61 Å². The molecule has 0 spiro atoms. The highest BCUT2D eigenvalue weighted by molar-refractivity contribution is 6.31. The maximum atomic E-state index is 12.4. The van der Waals surface area contributed by atoms with E-state index in [0.717, 1.165) is 21.9 Å². The lowest BCUT2D eigenvalue weighted by Crippen LogP contribution is -2.17. The topological polar surface area (TPSA) is 59.9 Å². The number of hydrazone groups is 1. The number of ether oxygens (including phenoxy) is 2. The third kappa shape index (κ3) is 5.07. The number of hydrogen-bond acceptors (Lipinski definition) is 4. The fraction of sp³-hybridized carbons (Fsp3) is 0.0769. The minimum atomic E-state index is -0.279. The highest BCUT2D eigenvalue weighted by Crippen LogP contribution is 2.29. The molecule has 0 aliphatic carbocycles. The smallest absolute Gasteiger partial charge is 0.271 e. The number of benzene rings is 4. The Labute approximate surface area is 191 Å². The van der Waals surface area contributed by atoms with Gasteiger partial charge in [-0.25, -0.2) is 5.43 Å². The van der Waals surface area contributed by atoms with Crippen molar-refractivity contribution in [1.29, 1.82) is 0 Å². The maximum Gasteiger partial charge on any atom is 0.271 e. The van der Waals surface area contributed by atoms with Crippen LogP contribution in [-0.4, -0.2) is 19.2 Å². The van der Waals surface area contributed by atoms with E-state index in [-0.39, 0.29) is 5.91 Å². The Bertz CT molecular complexity index is 1290. The lowest BCUT2D eigenvalue weighted by molar-refractivity contribution is 0.0955. The van der Waals surface area contributed by atoms with Crippen LogP contribution in [0.3, 0.4) is 0 Å². The van der Waals surface area contributed by atoms with Crippen molar-refractivity contribution in [1.82, 2.24) is 5.43 Å². The van der Waals surface area contributed by atoms with Crippen LogP contribution in [0.15, 0.2) is 90.0 Å². The van der Waals surface area contributed by atoms with E-state index in [1.165, 1.54) is 0 Å². The molecule has 0 aliphatic rings. The summed E-state index contributed by atoms with van der Waals surface area (Å²) in [6.45, 7) is 0.325. The molecule has 0 fully saturated rings. The molecule has 1 amide bonds. The number of rotatable bonds is 7. The van der Waals surface area contributed by atoms with Gasteiger partial charge in [-0.1, -0.05) is 60.1 Å². The summed E-state index contributed by atoms with van der Waals surface area (Å²) in [5, 5.41) is 6.80. The summed E-state index contributed by atoms with van der Waals surface area (Å²) in [5.41, 5.74) is 4.75. The van der Waals surface area contributed by atoms with E-state index < -0.39 is 0 Å². The van der Waals surface area contributed by atoms with Crippen molar-refractivity contribution in [3.05, 3.63) is 107 Å². The molecule has 4 aromatic carbocycles. The van der Waals surface area contributed by atoms with Gasteiger partial charge in [0.1, 0.15) is 6.61 Å². The first-order chi connectivity index (χ1) is 15.6. The van der Waals surface area contributed by atoms with Crippen molar-refractivity contribution < 1.29 is 14.3 Å². The van der Waals surface area contributed by atoms with Gasteiger partial charge in [-0.2, -0.15) is 5.10 Å². The summed E-state index contributed by atoms with van der Waals surface area (Å²) in [6, 6.07) is 26.3. The zero-order chi connectivity index (χ0) is 22.3. The van der Waals surface area contributed by atoms with Crippen molar-refractivity contribution in [3.8, 4) is 11.5 Å². The summed E-state index contributed by atoms with van der Waals surface area (Å²) >= 11 is 6.18. The monoisotopic (exact) mass is 444 g/mol. The molecule has 4 rings (SSSR count). The zero-order valence-corrected chi connectivity index (χ0v) is 18.2.